The van der Waals surface area contributed by atoms with Gasteiger partial charge in [0.15, 0.2) is 11.6 Å². The first-order chi connectivity index (χ1) is 8.42. The first kappa shape index (κ1) is 13.2. The van der Waals surface area contributed by atoms with Crippen molar-refractivity contribution in [1.82, 2.24) is 0 Å². The quantitative estimate of drug-likeness (QED) is 0.584. The Bertz CT molecular complexity index is 541. The largest absolute Gasteiger partial charge is 0.294 e. The average molecular weight is 307 g/mol. The van der Waals surface area contributed by atoms with Gasteiger partial charge in [-0.3, -0.25) is 9.59 Å². The van der Waals surface area contributed by atoms with Gasteiger partial charge in [-0.2, -0.15) is 0 Å². The Morgan fingerprint density at radius 1 is 1.22 bits per heavy atom. The highest BCUT2D eigenvalue weighted by molar-refractivity contribution is 9.10. The van der Waals surface area contributed by atoms with Crippen molar-refractivity contribution < 1.29 is 9.59 Å². The summed E-state index contributed by atoms with van der Waals surface area (Å²) in [6, 6.07) is 7.58. The van der Waals surface area contributed by atoms with Gasteiger partial charge in [0.1, 0.15) is 0 Å². The van der Waals surface area contributed by atoms with Crippen LogP contribution >= 0.6 is 15.9 Å². The van der Waals surface area contributed by atoms with Crippen molar-refractivity contribution in [3.8, 4) is 0 Å². The molecule has 2 rings (SSSR count). The molecular formula is C15H15BrO2. The molecule has 1 fully saturated rings. The van der Waals surface area contributed by atoms with E-state index in [9.17, 15) is 9.59 Å². The van der Waals surface area contributed by atoms with Crippen molar-refractivity contribution in [1.29, 1.82) is 0 Å². The zero-order valence-corrected chi connectivity index (χ0v) is 12.1. The molecule has 0 heterocycles. The minimum absolute atomic E-state index is 0.0462. The van der Waals surface area contributed by atoms with Crippen LogP contribution in [0.1, 0.15) is 32.3 Å². The summed E-state index contributed by atoms with van der Waals surface area (Å²) in [5.74, 6) is -0.0930. The van der Waals surface area contributed by atoms with Crippen molar-refractivity contribution in [2.75, 3.05) is 0 Å². The molecule has 1 aliphatic carbocycles. The number of rotatable bonds is 1. The fourth-order valence-electron chi connectivity index (χ4n) is 2.06. The predicted octanol–water partition coefficient (Wildman–Crippen LogP) is 3.79. The highest BCUT2D eigenvalue weighted by Gasteiger charge is 2.37. The van der Waals surface area contributed by atoms with Gasteiger partial charge in [0.05, 0.1) is 5.57 Å². The molecule has 0 aliphatic heterocycles. The molecule has 0 atom stereocenters. The molecule has 0 amide bonds. The van der Waals surface area contributed by atoms with E-state index in [4.69, 9.17) is 0 Å². The highest BCUT2D eigenvalue weighted by Crippen LogP contribution is 2.34. The van der Waals surface area contributed by atoms with Gasteiger partial charge in [0, 0.05) is 16.3 Å². The number of hydrogen-bond donors (Lipinski definition) is 0. The second-order valence-corrected chi connectivity index (χ2v) is 6.07. The number of carbonyl (C=O) groups is 2. The lowest BCUT2D eigenvalue weighted by Crippen LogP contribution is -2.34. The van der Waals surface area contributed by atoms with E-state index in [2.05, 4.69) is 15.9 Å². The van der Waals surface area contributed by atoms with Crippen molar-refractivity contribution >= 4 is 33.6 Å². The Labute approximate surface area is 115 Å². The average Bonchev–Trinajstić information content (AvgIpc) is 2.33. The molecule has 0 saturated heterocycles. The Morgan fingerprint density at radius 2 is 1.89 bits per heavy atom. The topological polar surface area (TPSA) is 34.1 Å². The third-order valence-corrected chi connectivity index (χ3v) is 4.06. The van der Waals surface area contributed by atoms with Crippen LogP contribution in [0.2, 0.25) is 0 Å². The summed E-state index contributed by atoms with van der Waals surface area (Å²) in [6.45, 7) is 3.80. The van der Waals surface area contributed by atoms with Gasteiger partial charge in [0.2, 0.25) is 0 Å². The van der Waals surface area contributed by atoms with Crippen LogP contribution in [0.15, 0.2) is 34.3 Å². The molecule has 3 heteroatoms. The van der Waals surface area contributed by atoms with E-state index >= 15 is 0 Å². The van der Waals surface area contributed by atoms with E-state index in [1.165, 1.54) is 0 Å². The van der Waals surface area contributed by atoms with E-state index in [0.717, 1.165) is 10.0 Å². The fourth-order valence-corrected chi connectivity index (χ4v) is 2.46. The minimum atomic E-state index is -0.430. The van der Waals surface area contributed by atoms with Gasteiger partial charge in [-0.15, -0.1) is 0 Å². The standard InChI is InChI=1S/C15H15BrO2/c1-15(2)8-7-13(17)11(14(15)18)9-10-5-3-4-6-12(10)16/h3-6,9H,7-8H2,1-2H3/b11-9-. The molecule has 18 heavy (non-hydrogen) atoms. The summed E-state index contributed by atoms with van der Waals surface area (Å²) in [6.07, 6.45) is 2.79. The SMILES string of the molecule is CC1(C)CCC(=O)/C(=C/c2ccccc2Br)C1=O. The third kappa shape index (κ3) is 2.46. The molecular weight excluding hydrogens is 292 g/mol. The number of halogens is 1. The Hall–Kier alpha value is -1.22. The van der Waals surface area contributed by atoms with Crippen molar-refractivity contribution in [3.05, 3.63) is 39.9 Å². The third-order valence-electron chi connectivity index (χ3n) is 3.34. The van der Waals surface area contributed by atoms with Crippen LogP contribution in [0.4, 0.5) is 0 Å². The normalized spacial score (nSPS) is 21.4. The predicted molar refractivity (Wildman–Crippen MR) is 75.1 cm³/mol. The first-order valence-electron chi connectivity index (χ1n) is 5.96. The fraction of sp³-hybridized carbons (Fsp3) is 0.333. The zero-order valence-electron chi connectivity index (χ0n) is 10.5. The van der Waals surface area contributed by atoms with Crippen LogP contribution in [0, 0.1) is 5.41 Å². The lowest BCUT2D eigenvalue weighted by atomic mass is 9.73. The second-order valence-electron chi connectivity index (χ2n) is 5.22. The number of Topliss-reactive ketones (excluding diaryl/α,β-unsaturated/α-hetero) is 2. The Balaban J connectivity index is 2.45. The summed E-state index contributed by atoms with van der Waals surface area (Å²) >= 11 is 3.42. The molecule has 0 radical (unpaired) electrons. The van der Waals surface area contributed by atoms with Crippen LogP contribution < -0.4 is 0 Å². The second kappa shape index (κ2) is 4.81. The van der Waals surface area contributed by atoms with Crippen molar-refractivity contribution in [2.24, 2.45) is 5.41 Å². The maximum Gasteiger partial charge on any atom is 0.172 e. The van der Waals surface area contributed by atoms with Gasteiger partial charge in [-0.25, -0.2) is 0 Å². The van der Waals surface area contributed by atoms with Crippen LogP contribution in [0.3, 0.4) is 0 Å². The molecule has 0 aromatic heterocycles. The highest BCUT2D eigenvalue weighted by atomic mass is 79.9. The summed E-state index contributed by atoms with van der Waals surface area (Å²) < 4.78 is 0.890. The molecule has 1 aromatic carbocycles. The molecule has 94 valence electrons. The summed E-state index contributed by atoms with van der Waals surface area (Å²) in [5.41, 5.74) is 0.770. The van der Waals surface area contributed by atoms with Crippen molar-refractivity contribution in [3.63, 3.8) is 0 Å². The van der Waals surface area contributed by atoms with Gasteiger partial charge < -0.3 is 0 Å². The van der Waals surface area contributed by atoms with Gasteiger partial charge in [-0.1, -0.05) is 48.0 Å². The smallest absolute Gasteiger partial charge is 0.172 e. The summed E-state index contributed by atoms with van der Waals surface area (Å²) in [7, 11) is 0. The van der Waals surface area contributed by atoms with E-state index < -0.39 is 5.41 Å². The maximum absolute atomic E-state index is 12.3. The molecule has 1 aromatic rings. The monoisotopic (exact) mass is 306 g/mol. The van der Waals surface area contributed by atoms with E-state index in [1.807, 2.05) is 38.1 Å². The number of hydrogen-bond acceptors (Lipinski definition) is 2. The Kier molecular flexibility index (Phi) is 3.53. The number of carbonyl (C=O) groups excluding carboxylic acids is 2. The minimum Gasteiger partial charge on any atom is -0.294 e. The summed E-state index contributed by atoms with van der Waals surface area (Å²) in [5, 5.41) is 0. The van der Waals surface area contributed by atoms with E-state index in [-0.39, 0.29) is 11.6 Å². The molecule has 0 spiro atoms. The van der Waals surface area contributed by atoms with Gasteiger partial charge >= 0.3 is 0 Å². The number of allylic oxidation sites excluding steroid dienone is 1. The molecule has 0 bridgehead atoms. The van der Waals surface area contributed by atoms with E-state index in [0.29, 0.717) is 18.4 Å². The van der Waals surface area contributed by atoms with Crippen LogP contribution in [0.25, 0.3) is 6.08 Å². The maximum atomic E-state index is 12.3. The van der Waals surface area contributed by atoms with Crippen LogP contribution in [-0.2, 0) is 9.59 Å². The Morgan fingerprint density at radius 3 is 2.56 bits per heavy atom. The first-order valence-corrected chi connectivity index (χ1v) is 6.75. The zero-order chi connectivity index (χ0) is 13.3. The van der Waals surface area contributed by atoms with Crippen LogP contribution in [0.5, 0.6) is 0 Å². The van der Waals surface area contributed by atoms with Crippen molar-refractivity contribution in [2.45, 2.75) is 26.7 Å². The lowest BCUT2D eigenvalue weighted by Gasteiger charge is -2.28. The number of ketones is 2. The number of benzene rings is 1. The van der Waals surface area contributed by atoms with Gasteiger partial charge in [-0.05, 0) is 24.1 Å². The molecule has 1 saturated carbocycles. The molecule has 1 aliphatic rings. The van der Waals surface area contributed by atoms with E-state index in [1.54, 1.807) is 6.08 Å². The molecule has 0 unspecified atom stereocenters. The van der Waals surface area contributed by atoms with Gasteiger partial charge in [0.25, 0.3) is 0 Å². The van der Waals surface area contributed by atoms with Crippen LogP contribution in [-0.4, -0.2) is 11.6 Å². The lowest BCUT2D eigenvalue weighted by molar-refractivity contribution is -0.130. The molecule has 0 N–H and O–H groups in total. The molecule has 2 nitrogen and oxygen atoms in total. The summed E-state index contributed by atoms with van der Waals surface area (Å²) in [4.78, 5) is 24.2.